The number of carbonyl (C=O) groups is 1. The number of halogens is 1. The number of anilines is 1. The Morgan fingerprint density at radius 2 is 2.06 bits per heavy atom. The van der Waals surface area contributed by atoms with Gasteiger partial charge >= 0.3 is 0 Å². The summed E-state index contributed by atoms with van der Waals surface area (Å²) in [5.41, 5.74) is 2.14. The van der Waals surface area contributed by atoms with Crippen molar-refractivity contribution in [2.45, 2.75) is 32.6 Å². The molecule has 0 heterocycles. The monoisotopic (exact) mass is 329 g/mol. The first-order chi connectivity index (χ1) is 7.66. The number of hydrogen-bond donors (Lipinski definition) is 1. The summed E-state index contributed by atoms with van der Waals surface area (Å²) in [7, 11) is 0. The summed E-state index contributed by atoms with van der Waals surface area (Å²) in [5, 5.41) is 3.05. The molecule has 0 aromatic heterocycles. The molecular formula is C13H16INO. The quantitative estimate of drug-likeness (QED) is 0.823. The molecule has 0 radical (unpaired) electrons. The fourth-order valence-corrected chi connectivity index (χ4v) is 2.63. The van der Waals surface area contributed by atoms with Gasteiger partial charge < -0.3 is 5.32 Å². The van der Waals surface area contributed by atoms with Crippen LogP contribution in [0.4, 0.5) is 5.69 Å². The SMILES string of the molecule is Cc1ccc(I)c(NC(=O)C2CCCC2)c1. The molecule has 16 heavy (non-hydrogen) atoms. The molecule has 0 saturated heterocycles. The fraction of sp³-hybridized carbons (Fsp3) is 0.462. The highest BCUT2D eigenvalue weighted by Gasteiger charge is 2.22. The number of rotatable bonds is 2. The maximum Gasteiger partial charge on any atom is 0.227 e. The van der Waals surface area contributed by atoms with Crippen molar-refractivity contribution in [2.75, 3.05) is 5.32 Å². The second kappa shape index (κ2) is 5.17. The lowest BCUT2D eigenvalue weighted by molar-refractivity contribution is -0.119. The van der Waals surface area contributed by atoms with Gasteiger partial charge in [0.25, 0.3) is 0 Å². The van der Waals surface area contributed by atoms with Gasteiger partial charge in [-0.05, 0) is 60.1 Å². The molecule has 0 aliphatic heterocycles. The summed E-state index contributed by atoms with van der Waals surface area (Å²) in [6, 6.07) is 6.14. The van der Waals surface area contributed by atoms with Crippen molar-refractivity contribution in [1.82, 2.24) is 0 Å². The minimum absolute atomic E-state index is 0.195. The predicted octanol–water partition coefficient (Wildman–Crippen LogP) is 3.73. The minimum atomic E-state index is 0.195. The Morgan fingerprint density at radius 3 is 2.75 bits per heavy atom. The molecule has 1 aliphatic rings. The van der Waals surface area contributed by atoms with Crippen LogP contribution in [-0.2, 0) is 4.79 Å². The topological polar surface area (TPSA) is 29.1 Å². The van der Waals surface area contributed by atoms with Crippen LogP contribution >= 0.6 is 22.6 Å². The second-order valence-corrected chi connectivity index (χ2v) is 5.62. The smallest absolute Gasteiger partial charge is 0.227 e. The Labute approximate surface area is 110 Å². The van der Waals surface area contributed by atoms with Crippen molar-refractivity contribution in [2.24, 2.45) is 5.92 Å². The third kappa shape index (κ3) is 2.75. The Balaban J connectivity index is 2.07. The molecule has 1 saturated carbocycles. The van der Waals surface area contributed by atoms with Crippen molar-refractivity contribution in [3.8, 4) is 0 Å². The van der Waals surface area contributed by atoms with Crippen LogP contribution in [0.3, 0.4) is 0 Å². The van der Waals surface area contributed by atoms with Crippen molar-refractivity contribution >= 4 is 34.2 Å². The van der Waals surface area contributed by atoms with Crippen LogP contribution in [0.5, 0.6) is 0 Å². The van der Waals surface area contributed by atoms with Gasteiger partial charge in [-0.3, -0.25) is 4.79 Å². The van der Waals surface area contributed by atoms with E-state index >= 15 is 0 Å². The van der Waals surface area contributed by atoms with Crippen molar-refractivity contribution < 1.29 is 4.79 Å². The number of nitrogens with one attached hydrogen (secondary N) is 1. The summed E-state index contributed by atoms with van der Waals surface area (Å²) in [5.74, 6) is 0.428. The third-order valence-corrected chi connectivity index (χ3v) is 4.05. The van der Waals surface area contributed by atoms with Crippen LogP contribution in [0.15, 0.2) is 18.2 Å². The first kappa shape index (κ1) is 11.9. The molecule has 0 spiro atoms. The Bertz CT molecular complexity index is 397. The number of aryl methyl sites for hydroxylation is 1. The van der Waals surface area contributed by atoms with Crippen LogP contribution in [-0.4, -0.2) is 5.91 Å². The van der Waals surface area contributed by atoms with E-state index in [4.69, 9.17) is 0 Å². The highest BCUT2D eigenvalue weighted by molar-refractivity contribution is 14.1. The van der Waals surface area contributed by atoms with E-state index in [-0.39, 0.29) is 11.8 Å². The summed E-state index contributed by atoms with van der Waals surface area (Å²) < 4.78 is 1.11. The van der Waals surface area contributed by atoms with Crippen LogP contribution < -0.4 is 5.32 Å². The maximum atomic E-state index is 12.0. The van der Waals surface area contributed by atoms with Gasteiger partial charge in [0.15, 0.2) is 0 Å². The van der Waals surface area contributed by atoms with Crippen LogP contribution in [0.25, 0.3) is 0 Å². The first-order valence-electron chi connectivity index (χ1n) is 5.74. The lowest BCUT2D eigenvalue weighted by Gasteiger charge is -2.12. The number of hydrogen-bond acceptors (Lipinski definition) is 1. The molecule has 1 aromatic carbocycles. The molecule has 0 unspecified atom stereocenters. The average molecular weight is 329 g/mol. The zero-order chi connectivity index (χ0) is 11.5. The molecule has 2 nitrogen and oxygen atoms in total. The molecular weight excluding hydrogens is 313 g/mol. The minimum Gasteiger partial charge on any atom is -0.325 e. The van der Waals surface area contributed by atoms with E-state index in [0.717, 1.165) is 22.1 Å². The normalized spacial score (nSPS) is 16.4. The number of amides is 1. The summed E-state index contributed by atoms with van der Waals surface area (Å²) in [4.78, 5) is 12.0. The standard InChI is InChI=1S/C13H16INO/c1-9-6-7-11(14)12(8-9)15-13(16)10-4-2-3-5-10/h6-8,10H,2-5H2,1H3,(H,15,16). The van der Waals surface area contributed by atoms with Gasteiger partial charge in [-0.15, -0.1) is 0 Å². The molecule has 1 N–H and O–H groups in total. The number of carbonyl (C=O) groups excluding carboxylic acids is 1. The van der Waals surface area contributed by atoms with Gasteiger partial charge in [-0.25, -0.2) is 0 Å². The van der Waals surface area contributed by atoms with E-state index in [0.29, 0.717) is 0 Å². The van der Waals surface area contributed by atoms with Gasteiger partial charge in [0, 0.05) is 9.49 Å². The lowest BCUT2D eigenvalue weighted by atomic mass is 10.1. The van der Waals surface area contributed by atoms with Gasteiger partial charge in [-0.1, -0.05) is 18.9 Å². The van der Waals surface area contributed by atoms with Gasteiger partial charge in [-0.2, -0.15) is 0 Å². The maximum absolute atomic E-state index is 12.0. The van der Waals surface area contributed by atoms with E-state index in [1.165, 1.54) is 18.4 Å². The van der Waals surface area contributed by atoms with E-state index in [2.05, 4.69) is 34.0 Å². The van der Waals surface area contributed by atoms with Crippen molar-refractivity contribution in [1.29, 1.82) is 0 Å². The number of benzene rings is 1. The Hall–Kier alpha value is -0.580. The summed E-state index contributed by atoms with van der Waals surface area (Å²) in [6.45, 7) is 2.04. The van der Waals surface area contributed by atoms with E-state index in [1.807, 2.05) is 19.1 Å². The molecule has 0 atom stereocenters. The van der Waals surface area contributed by atoms with Crippen molar-refractivity contribution in [3.05, 3.63) is 27.3 Å². The van der Waals surface area contributed by atoms with Crippen LogP contribution in [0, 0.1) is 16.4 Å². The molecule has 1 amide bonds. The predicted molar refractivity (Wildman–Crippen MR) is 74.5 cm³/mol. The summed E-state index contributed by atoms with van der Waals surface area (Å²) in [6.07, 6.45) is 4.49. The Kier molecular flexibility index (Phi) is 3.84. The largest absolute Gasteiger partial charge is 0.325 e. The van der Waals surface area contributed by atoms with Crippen LogP contribution in [0.2, 0.25) is 0 Å². The highest BCUT2D eigenvalue weighted by atomic mass is 127. The van der Waals surface area contributed by atoms with E-state index in [9.17, 15) is 4.79 Å². The summed E-state index contributed by atoms with van der Waals surface area (Å²) >= 11 is 2.26. The van der Waals surface area contributed by atoms with Gasteiger partial charge in [0.1, 0.15) is 0 Å². The zero-order valence-electron chi connectivity index (χ0n) is 9.42. The molecule has 1 fully saturated rings. The molecule has 1 aliphatic carbocycles. The third-order valence-electron chi connectivity index (χ3n) is 3.11. The fourth-order valence-electron chi connectivity index (χ4n) is 2.16. The zero-order valence-corrected chi connectivity index (χ0v) is 11.6. The molecule has 2 rings (SSSR count). The van der Waals surface area contributed by atoms with Crippen LogP contribution in [0.1, 0.15) is 31.2 Å². The van der Waals surface area contributed by atoms with Gasteiger partial charge in [0.05, 0.1) is 5.69 Å². The molecule has 0 bridgehead atoms. The van der Waals surface area contributed by atoms with E-state index < -0.39 is 0 Å². The van der Waals surface area contributed by atoms with Crippen molar-refractivity contribution in [3.63, 3.8) is 0 Å². The highest BCUT2D eigenvalue weighted by Crippen LogP contribution is 2.27. The lowest BCUT2D eigenvalue weighted by Crippen LogP contribution is -2.20. The second-order valence-electron chi connectivity index (χ2n) is 4.45. The van der Waals surface area contributed by atoms with E-state index in [1.54, 1.807) is 0 Å². The van der Waals surface area contributed by atoms with Gasteiger partial charge in [0.2, 0.25) is 5.91 Å². The molecule has 3 heteroatoms. The first-order valence-corrected chi connectivity index (χ1v) is 6.82. The average Bonchev–Trinajstić information content (AvgIpc) is 2.76. The molecule has 86 valence electrons. The molecule has 1 aromatic rings. The Morgan fingerprint density at radius 1 is 1.38 bits per heavy atom.